The molecule has 0 saturated carbocycles. The topological polar surface area (TPSA) is 15.3 Å². The number of aryl methyl sites for hydroxylation is 1. The Morgan fingerprint density at radius 1 is 1.05 bits per heavy atom. The van der Waals surface area contributed by atoms with Gasteiger partial charge in [-0.05, 0) is 55.7 Å². The second-order valence-electron chi connectivity index (χ2n) is 5.70. The summed E-state index contributed by atoms with van der Waals surface area (Å²) < 4.78 is 1.14. The molecule has 21 heavy (non-hydrogen) atoms. The minimum absolute atomic E-state index is 0.574. The molecule has 1 aliphatic rings. The maximum atomic E-state index is 3.70. The summed E-state index contributed by atoms with van der Waals surface area (Å²) in [4.78, 5) is 2.48. The first-order valence-corrected chi connectivity index (χ1v) is 8.34. The number of piperidine rings is 1. The van der Waals surface area contributed by atoms with E-state index in [9.17, 15) is 0 Å². The molecule has 1 heterocycles. The highest BCUT2D eigenvalue weighted by molar-refractivity contribution is 9.10. The molecule has 3 rings (SSSR count). The number of para-hydroxylation sites is 1. The van der Waals surface area contributed by atoms with Gasteiger partial charge in [-0.3, -0.25) is 0 Å². The first kappa shape index (κ1) is 14.5. The zero-order chi connectivity index (χ0) is 14.7. The van der Waals surface area contributed by atoms with E-state index in [-0.39, 0.29) is 0 Å². The Bertz CT molecular complexity index is 589. The van der Waals surface area contributed by atoms with Crippen LogP contribution in [0.2, 0.25) is 0 Å². The summed E-state index contributed by atoms with van der Waals surface area (Å²) in [5, 5.41) is 3.70. The summed E-state index contributed by atoms with van der Waals surface area (Å²) >= 11 is 3.52. The number of benzene rings is 2. The normalized spacial score (nSPS) is 16.0. The van der Waals surface area contributed by atoms with Crippen LogP contribution in [0.4, 0.5) is 11.4 Å². The van der Waals surface area contributed by atoms with Crippen molar-refractivity contribution >= 4 is 27.3 Å². The Morgan fingerprint density at radius 3 is 2.43 bits per heavy atom. The van der Waals surface area contributed by atoms with Gasteiger partial charge in [-0.25, -0.2) is 0 Å². The average molecular weight is 345 g/mol. The first-order valence-electron chi connectivity index (χ1n) is 7.55. The van der Waals surface area contributed by atoms with Crippen molar-refractivity contribution in [1.82, 2.24) is 0 Å². The van der Waals surface area contributed by atoms with Crippen LogP contribution in [-0.2, 0) is 0 Å². The van der Waals surface area contributed by atoms with Crippen molar-refractivity contribution in [2.45, 2.75) is 25.8 Å². The fraction of sp³-hybridized carbons (Fsp3) is 0.333. The van der Waals surface area contributed by atoms with E-state index >= 15 is 0 Å². The second-order valence-corrected chi connectivity index (χ2v) is 6.62. The lowest BCUT2D eigenvalue weighted by atomic mass is 10.0. The molecule has 1 N–H and O–H groups in total. The van der Waals surface area contributed by atoms with Crippen LogP contribution in [0.1, 0.15) is 18.4 Å². The van der Waals surface area contributed by atoms with E-state index in [0.717, 1.165) is 17.6 Å². The number of halogens is 1. The molecule has 2 nitrogen and oxygen atoms in total. The molecule has 0 bridgehead atoms. The Morgan fingerprint density at radius 2 is 1.76 bits per heavy atom. The van der Waals surface area contributed by atoms with Crippen molar-refractivity contribution in [1.29, 1.82) is 0 Å². The van der Waals surface area contributed by atoms with Gasteiger partial charge >= 0.3 is 0 Å². The van der Waals surface area contributed by atoms with Gasteiger partial charge < -0.3 is 10.2 Å². The van der Waals surface area contributed by atoms with Gasteiger partial charge in [0, 0.05) is 35.0 Å². The first-order chi connectivity index (χ1) is 10.2. The molecule has 2 aromatic rings. The number of hydrogen-bond donors (Lipinski definition) is 1. The lowest BCUT2D eigenvalue weighted by Crippen LogP contribution is -2.39. The SMILES string of the molecule is Cc1cc(Br)ccc1NC1CCN(c2ccccc2)CC1. The molecule has 1 aliphatic heterocycles. The number of nitrogens with one attached hydrogen (secondary N) is 1. The van der Waals surface area contributed by atoms with Gasteiger partial charge in [0.2, 0.25) is 0 Å². The van der Waals surface area contributed by atoms with Gasteiger partial charge in [0.05, 0.1) is 0 Å². The van der Waals surface area contributed by atoms with Crippen LogP contribution >= 0.6 is 15.9 Å². The van der Waals surface area contributed by atoms with Gasteiger partial charge in [0.15, 0.2) is 0 Å². The quantitative estimate of drug-likeness (QED) is 0.856. The molecule has 110 valence electrons. The van der Waals surface area contributed by atoms with Crippen molar-refractivity contribution in [3.8, 4) is 0 Å². The molecule has 1 fully saturated rings. The number of rotatable bonds is 3. The van der Waals surface area contributed by atoms with Crippen LogP contribution in [0.5, 0.6) is 0 Å². The zero-order valence-corrected chi connectivity index (χ0v) is 13.9. The van der Waals surface area contributed by atoms with Crippen LogP contribution in [0.15, 0.2) is 53.0 Å². The molecule has 0 aliphatic carbocycles. The molecule has 0 spiro atoms. The lowest BCUT2D eigenvalue weighted by molar-refractivity contribution is 0.526. The monoisotopic (exact) mass is 344 g/mol. The molecule has 0 atom stereocenters. The Balaban J connectivity index is 1.59. The van der Waals surface area contributed by atoms with Gasteiger partial charge in [-0.15, -0.1) is 0 Å². The smallest absolute Gasteiger partial charge is 0.0372 e. The molecule has 0 amide bonds. The van der Waals surface area contributed by atoms with E-state index in [1.165, 1.54) is 29.8 Å². The number of nitrogens with zero attached hydrogens (tertiary/aromatic N) is 1. The molecule has 0 aromatic heterocycles. The summed E-state index contributed by atoms with van der Waals surface area (Å²) in [7, 11) is 0. The minimum Gasteiger partial charge on any atom is -0.382 e. The minimum atomic E-state index is 0.574. The average Bonchev–Trinajstić information content (AvgIpc) is 2.52. The predicted octanol–water partition coefficient (Wildman–Crippen LogP) is 4.84. The summed E-state index contributed by atoms with van der Waals surface area (Å²) in [6, 6.07) is 17.7. The van der Waals surface area contributed by atoms with Gasteiger partial charge in [0.1, 0.15) is 0 Å². The molecule has 3 heteroatoms. The standard InChI is InChI=1S/C18H21BrN2/c1-14-13-15(19)7-8-18(14)20-16-9-11-21(12-10-16)17-5-3-2-4-6-17/h2-8,13,16,20H,9-12H2,1H3. The predicted molar refractivity (Wildman–Crippen MR) is 94.2 cm³/mol. The summed E-state index contributed by atoms with van der Waals surface area (Å²) in [6.45, 7) is 4.40. The molecule has 0 unspecified atom stereocenters. The Hall–Kier alpha value is -1.48. The van der Waals surface area contributed by atoms with E-state index in [2.05, 4.69) is 81.6 Å². The molecular formula is C18H21BrN2. The van der Waals surface area contributed by atoms with Crippen molar-refractivity contribution < 1.29 is 0 Å². The van der Waals surface area contributed by atoms with Crippen LogP contribution in [0.3, 0.4) is 0 Å². The lowest BCUT2D eigenvalue weighted by Gasteiger charge is -2.34. The number of hydrogen-bond acceptors (Lipinski definition) is 2. The van der Waals surface area contributed by atoms with Gasteiger partial charge in [-0.2, -0.15) is 0 Å². The summed E-state index contributed by atoms with van der Waals surface area (Å²) in [5.74, 6) is 0. The van der Waals surface area contributed by atoms with Crippen molar-refractivity contribution in [3.05, 3.63) is 58.6 Å². The van der Waals surface area contributed by atoms with Crippen LogP contribution < -0.4 is 10.2 Å². The van der Waals surface area contributed by atoms with E-state index in [0.29, 0.717) is 6.04 Å². The van der Waals surface area contributed by atoms with Gasteiger partial charge in [-0.1, -0.05) is 34.1 Å². The zero-order valence-electron chi connectivity index (χ0n) is 12.3. The highest BCUT2D eigenvalue weighted by Gasteiger charge is 2.19. The largest absolute Gasteiger partial charge is 0.382 e. The van der Waals surface area contributed by atoms with Crippen molar-refractivity contribution in [2.24, 2.45) is 0 Å². The van der Waals surface area contributed by atoms with E-state index in [4.69, 9.17) is 0 Å². The van der Waals surface area contributed by atoms with Crippen molar-refractivity contribution in [2.75, 3.05) is 23.3 Å². The fourth-order valence-electron chi connectivity index (χ4n) is 2.93. The highest BCUT2D eigenvalue weighted by Crippen LogP contribution is 2.25. The fourth-order valence-corrected chi connectivity index (χ4v) is 3.41. The molecular weight excluding hydrogens is 324 g/mol. The third kappa shape index (κ3) is 3.59. The van der Waals surface area contributed by atoms with E-state index in [1.807, 2.05) is 0 Å². The Labute approximate surface area is 135 Å². The summed E-state index contributed by atoms with van der Waals surface area (Å²) in [5.41, 5.74) is 3.90. The van der Waals surface area contributed by atoms with Crippen molar-refractivity contribution in [3.63, 3.8) is 0 Å². The molecule has 0 radical (unpaired) electrons. The van der Waals surface area contributed by atoms with E-state index in [1.54, 1.807) is 0 Å². The Kier molecular flexibility index (Phi) is 4.49. The third-order valence-electron chi connectivity index (χ3n) is 4.16. The molecule has 2 aromatic carbocycles. The van der Waals surface area contributed by atoms with Crippen LogP contribution in [0.25, 0.3) is 0 Å². The molecule has 1 saturated heterocycles. The summed E-state index contributed by atoms with van der Waals surface area (Å²) in [6.07, 6.45) is 2.37. The maximum absolute atomic E-state index is 3.70. The second kappa shape index (κ2) is 6.52. The third-order valence-corrected chi connectivity index (χ3v) is 4.66. The van der Waals surface area contributed by atoms with Crippen LogP contribution in [-0.4, -0.2) is 19.1 Å². The highest BCUT2D eigenvalue weighted by atomic mass is 79.9. The van der Waals surface area contributed by atoms with Gasteiger partial charge in [0.25, 0.3) is 0 Å². The van der Waals surface area contributed by atoms with E-state index < -0.39 is 0 Å². The van der Waals surface area contributed by atoms with Crippen LogP contribution in [0, 0.1) is 6.92 Å². The number of anilines is 2. The maximum Gasteiger partial charge on any atom is 0.0372 e.